The molecule has 0 aliphatic rings. The molecule has 0 atom stereocenters. The third-order valence-electron chi connectivity index (χ3n) is 1.89. The van der Waals surface area contributed by atoms with Crippen LogP contribution in [0.2, 0.25) is 0 Å². The highest BCUT2D eigenvalue weighted by Crippen LogP contribution is 2.32. The highest BCUT2D eigenvalue weighted by Gasteiger charge is 2.08. The molecule has 18 heavy (non-hydrogen) atoms. The molecule has 0 aliphatic heterocycles. The first-order valence-electron chi connectivity index (χ1n) is 5.05. The number of thioether (sulfide) groups is 1. The van der Waals surface area contributed by atoms with Gasteiger partial charge in [-0.15, -0.1) is 25.0 Å². The molecule has 0 aromatic carbocycles. The second kappa shape index (κ2) is 5.16. The minimum atomic E-state index is 0.624. The summed E-state index contributed by atoms with van der Waals surface area (Å²) in [5.74, 6) is 0.994. The van der Waals surface area contributed by atoms with E-state index >= 15 is 0 Å². The molecule has 0 amide bonds. The van der Waals surface area contributed by atoms with Gasteiger partial charge in [-0.05, 0) is 40.1 Å². The maximum atomic E-state index is 4.26. The summed E-state index contributed by atoms with van der Waals surface area (Å²) in [6, 6.07) is 3.68. The molecule has 0 bridgehead atoms. The lowest BCUT2D eigenvalue weighted by atomic mass is 10.6. The SMILES string of the molecule is CCSc1nnc(Sc2ccc3nnnn3n2)s1. The molecule has 3 aromatic heterocycles. The second-order valence-corrected chi connectivity index (χ2v) is 6.82. The van der Waals surface area contributed by atoms with Gasteiger partial charge in [0.1, 0.15) is 5.03 Å². The Kier molecular flexibility index (Phi) is 3.39. The van der Waals surface area contributed by atoms with E-state index in [1.165, 1.54) is 16.4 Å². The summed E-state index contributed by atoms with van der Waals surface area (Å²) in [5.41, 5.74) is 0.624. The van der Waals surface area contributed by atoms with Crippen LogP contribution in [-0.2, 0) is 0 Å². The highest BCUT2D eigenvalue weighted by atomic mass is 32.2. The molecule has 0 saturated carbocycles. The first kappa shape index (κ1) is 11.8. The lowest BCUT2D eigenvalue weighted by Crippen LogP contribution is -1.94. The summed E-state index contributed by atoms with van der Waals surface area (Å²) in [6.07, 6.45) is 0. The van der Waals surface area contributed by atoms with E-state index in [0.717, 1.165) is 19.5 Å². The normalized spacial score (nSPS) is 11.2. The molecule has 0 unspecified atom stereocenters. The molecular weight excluding hydrogens is 290 g/mol. The van der Waals surface area contributed by atoms with Gasteiger partial charge in [0.15, 0.2) is 14.3 Å². The second-order valence-electron chi connectivity index (χ2n) is 3.07. The fourth-order valence-corrected chi connectivity index (χ4v) is 4.01. The number of tetrazole rings is 1. The van der Waals surface area contributed by atoms with E-state index in [9.17, 15) is 0 Å². The van der Waals surface area contributed by atoms with Crippen molar-refractivity contribution in [2.75, 3.05) is 5.75 Å². The van der Waals surface area contributed by atoms with Crippen LogP contribution in [0.5, 0.6) is 0 Å². The van der Waals surface area contributed by atoms with Gasteiger partial charge in [0.25, 0.3) is 0 Å². The van der Waals surface area contributed by atoms with Crippen molar-refractivity contribution in [2.45, 2.75) is 20.6 Å². The van der Waals surface area contributed by atoms with Crippen LogP contribution in [0.25, 0.3) is 5.65 Å². The molecule has 10 heteroatoms. The Hall–Kier alpha value is -1.26. The largest absolute Gasteiger partial charge is 0.200 e. The molecule has 3 rings (SSSR count). The summed E-state index contributed by atoms with van der Waals surface area (Å²) in [4.78, 5) is 0. The van der Waals surface area contributed by atoms with Crippen LogP contribution in [0, 0.1) is 0 Å². The van der Waals surface area contributed by atoms with Crippen molar-refractivity contribution >= 4 is 40.5 Å². The van der Waals surface area contributed by atoms with E-state index in [2.05, 4.69) is 37.7 Å². The van der Waals surface area contributed by atoms with Gasteiger partial charge < -0.3 is 0 Å². The number of hydrogen-bond donors (Lipinski definition) is 0. The van der Waals surface area contributed by atoms with E-state index in [1.54, 1.807) is 23.1 Å². The van der Waals surface area contributed by atoms with E-state index < -0.39 is 0 Å². The van der Waals surface area contributed by atoms with Crippen molar-refractivity contribution in [3.05, 3.63) is 12.1 Å². The van der Waals surface area contributed by atoms with Crippen LogP contribution < -0.4 is 0 Å². The summed E-state index contributed by atoms with van der Waals surface area (Å²) in [5, 5.41) is 24.3. The molecule has 0 fully saturated rings. The van der Waals surface area contributed by atoms with Crippen LogP contribution in [0.4, 0.5) is 0 Å². The fraction of sp³-hybridized carbons (Fsp3) is 0.250. The zero-order valence-electron chi connectivity index (χ0n) is 9.22. The van der Waals surface area contributed by atoms with E-state index in [1.807, 2.05) is 12.1 Å². The maximum absolute atomic E-state index is 4.26. The predicted molar refractivity (Wildman–Crippen MR) is 69.0 cm³/mol. The van der Waals surface area contributed by atoms with Gasteiger partial charge in [-0.25, -0.2) is 0 Å². The molecular formula is C8H7N7S3. The third kappa shape index (κ3) is 2.44. The molecule has 92 valence electrons. The Morgan fingerprint density at radius 3 is 3.00 bits per heavy atom. The van der Waals surface area contributed by atoms with Crippen LogP contribution in [0.3, 0.4) is 0 Å². The number of rotatable bonds is 4. The molecule has 3 heterocycles. The number of fused-ring (bicyclic) bond motifs is 1. The Balaban J connectivity index is 1.81. The van der Waals surface area contributed by atoms with Gasteiger partial charge in [0.2, 0.25) is 0 Å². The first-order chi connectivity index (χ1) is 8.85. The van der Waals surface area contributed by atoms with Crippen molar-refractivity contribution in [3.8, 4) is 0 Å². The van der Waals surface area contributed by atoms with Crippen molar-refractivity contribution in [2.24, 2.45) is 0 Å². The van der Waals surface area contributed by atoms with Crippen LogP contribution >= 0.6 is 34.9 Å². The van der Waals surface area contributed by atoms with Gasteiger partial charge in [0, 0.05) is 0 Å². The average molecular weight is 297 g/mol. The molecule has 0 radical (unpaired) electrons. The van der Waals surface area contributed by atoms with Crippen molar-refractivity contribution in [1.29, 1.82) is 0 Å². The molecule has 0 N–H and O–H groups in total. The number of nitrogens with zero attached hydrogens (tertiary/aromatic N) is 7. The highest BCUT2D eigenvalue weighted by molar-refractivity contribution is 8.03. The standard InChI is InChI=1S/C8H7N7S3/c1-2-16-7-10-11-8(18-7)17-6-4-3-5-9-13-14-15(5)12-6/h3-4H,2H2,1H3. The van der Waals surface area contributed by atoms with Crippen LogP contribution in [0.15, 0.2) is 25.8 Å². The summed E-state index contributed by atoms with van der Waals surface area (Å²) in [6.45, 7) is 2.09. The van der Waals surface area contributed by atoms with Crippen molar-refractivity contribution < 1.29 is 0 Å². The molecule has 3 aromatic rings. The molecule has 0 aliphatic carbocycles. The van der Waals surface area contributed by atoms with Crippen molar-refractivity contribution in [3.63, 3.8) is 0 Å². The quantitative estimate of drug-likeness (QED) is 0.672. The zero-order valence-corrected chi connectivity index (χ0v) is 11.7. The smallest absolute Gasteiger partial charge is 0.140 e. The first-order valence-corrected chi connectivity index (χ1v) is 7.66. The van der Waals surface area contributed by atoms with E-state index in [-0.39, 0.29) is 0 Å². The number of aromatic nitrogens is 7. The van der Waals surface area contributed by atoms with Crippen LogP contribution in [0.1, 0.15) is 6.92 Å². The molecule has 0 spiro atoms. The van der Waals surface area contributed by atoms with Gasteiger partial charge in [0.05, 0.1) is 0 Å². The fourth-order valence-electron chi connectivity index (χ4n) is 1.20. The lowest BCUT2D eigenvalue weighted by molar-refractivity contribution is 0.702. The Morgan fingerprint density at radius 2 is 2.11 bits per heavy atom. The predicted octanol–water partition coefficient (Wildman–Crippen LogP) is 1.63. The number of hydrogen-bond acceptors (Lipinski definition) is 9. The lowest BCUT2D eigenvalue weighted by Gasteiger charge is -1.94. The van der Waals surface area contributed by atoms with E-state index in [0.29, 0.717) is 5.65 Å². The minimum Gasteiger partial charge on any atom is -0.140 e. The van der Waals surface area contributed by atoms with Gasteiger partial charge in [-0.2, -0.15) is 0 Å². The average Bonchev–Trinajstić information content (AvgIpc) is 2.98. The zero-order chi connectivity index (χ0) is 12.4. The summed E-state index contributed by atoms with van der Waals surface area (Å²) >= 11 is 4.70. The van der Waals surface area contributed by atoms with Gasteiger partial charge in [-0.3, -0.25) is 0 Å². The van der Waals surface area contributed by atoms with Crippen molar-refractivity contribution in [1.82, 2.24) is 35.5 Å². The Bertz CT molecular complexity index is 663. The van der Waals surface area contributed by atoms with Crippen LogP contribution in [-0.4, -0.2) is 41.2 Å². The van der Waals surface area contributed by atoms with E-state index in [4.69, 9.17) is 0 Å². The van der Waals surface area contributed by atoms with Gasteiger partial charge >= 0.3 is 0 Å². The molecule has 7 nitrogen and oxygen atoms in total. The monoisotopic (exact) mass is 297 g/mol. The maximum Gasteiger partial charge on any atom is 0.200 e. The minimum absolute atomic E-state index is 0.624. The topological polar surface area (TPSA) is 81.8 Å². The Morgan fingerprint density at radius 1 is 1.22 bits per heavy atom. The third-order valence-corrected chi connectivity index (χ3v) is 4.81. The summed E-state index contributed by atoms with van der Waals surface area (Å²) < 4.78 is 3.24. The van der Waals surface area contributed by atoms with Gasteiger partial charge in [-0.1, -0.05) is 30.0 Å². The molecule has 0 saturated heterocycles. The Labute approximate surface area is 114 Å². The summed E-state index contributed by atoms with van der Waals surface area (Å²) in [7, 11) is 0.